The highest BCUT2D eigenvalue weighted by molar-refractivity contribution is 5.93. The molecular weight excluding hydrogens is 348 g/mol. The summed E-state index contributed by atoms with van der Waals surface area (Å²) in [6.45, 7) is 3.18. The summed E-state index contributed by atoms with van der Waals surface area (Å²) in [6, 6.07) is 3.83. The zero-order valence-corrected chi connectivity index (χ0v) is 16.0. The SMILES string of the molecule is COc1ccc(C(=O)NC[C@@H]2CC[C@H](CC(=O)N3CCOCC3)N2C)cn1. The summed E-state index contributed by atoms with van der Waals surface area (Å²) in [5.41, 5.74) is 0.510. The van der Waals surface area contributed by atoms with E-state index in [-0.39, 0.29) is 23.9 Å². The number of nitrogens with zero attached hydrogens (tertiary/aromatic N) is 3. The van der Waals surface area contributed by atoms with Crippen LogP contribution in [0.4, 0.5) is 0 Å². The monoisotopic (exact) mass is 376 g/mol. The Bertz CT molecular complexity index is 646. The van der Waals surface area contributed by atoms with Crippen molar-refractivity contribution < 1.29 is 19.1 Å². The van der Waals surface area contributed by atoms with Gasteiger partial charge >= 0.3 is 0 Å². The van der Waals surface area contributed by atoms with Gasteiger partial charge in [-0.1, -0.05) is 0 Å². The largest absolute Gasteiger partial charge is 0.481 e. The zero-order chi connectivity index (χ0) is 19.2. The third-order valence-electron chi connectivity index (χ3n) is 5.46. The molecule has 0 spiro atoms. The first kappa shape index (κ1) is 19.6. The topological polar surface area (TPSA) is 84.0 Å². The van der Waals surface area contributed by atoms with Crippen LogP contribution in [0.1, 0.15) is 29.6 Å². The summed E-state index contributed by atoms with van der Waals surface area (Å²) in [7, 11) is 3.58. The van der Waals surface area contributed by atoms with Gasteiger partial charge in [0.1, 0.15) is 0 Å². The van der Waals surface area contributed by atoms with Crippen molar-refractivity contribution in [2.24, 2.45) is 0 Å². The second kappa shape index (κ2) is 9.14. The summed E-state index contributed by atoms with van der Waals surface area (Å²) < 4.78 is 10.3. The molecule has 0 unspecified atom stereocenters. The first-order valence-electron chi connectivity index (χ1n) is 9.44. The lowest BCUT2D eigenvalue weighted by molar-refractivity contribution is -0.136. The number of hydrogen-bond donors (Lipinski definition) is 1. The van der Waals surface area contributed by atoms with Crippen molar-refractivity contribution in [2.45, 2.75) is 31.3 Å². The Hall–Kier alpha value is -2.19. The number of ether oxygens (including phenoxy) is 2. The van der Waals surface area contributed by atoms with Crippen LogP contribution in [0.3, 0.4) is 0 Å². The van der Waals surface area contributed by atoms with Gasteiger partial charge in [0.2, 0.25) is 11.8 Å². The maximum atomic E-state index is 12.5. The molecular formula is C19H28N4O4. The molecule has 0 aliphatic carbocycles. The van der Waals surface area contributed by atoms with E-state index in [2.05, 4.69) is 15.2 Å². The Morgan fingerprint density at radius 2 is 2.00 bits per heavy atom. The molecule has 3 heterocycles. The predicted molar refractivity (Wildman–Crippen MR) is 99.7 cm³/mol. The molecule has 1 N–H and O–H groups in total. The summed E-state index contributed by atoms with van der Waals surface area (Å²) in [5, 5.41) is 2.97. The molecule has 0 bridgehead atoms. The van der Waals surface area contributed by atoms with E-state index >= 15 is 0 Å². The minimum atomic E-state index is -0.147. The number of likely N-dealkylation sites (N-methyl/N-ethyl adjacent to an activating group) is 1. The van der Waals surface area contributed by atoms with Gasteiger partial charge < -0.3 is 19.7 Å². The van der Waals surface area contributed by atoms with Crippen molar-refractivity contribution in [1.29, 1.82) is 0 Å². The molecule has 1 aromatic rings. The van der Waals surface area contributed by atoms with E-state index in [0.717, 1.165) is 12.8 Å². The lowest BCUT2D eigenvalue weighted by atomic mass is 10.1. The third-order valence-corrected chi connectivity index (χ3v) is 5.46. The normalized spacial score (nSPS) is 23.3. The molecule has 0 radical (unpaired) electrons. The second-order valence-electron chi connectivity index (χ2n) is 7.05. The molecule has 2 aliphatic rings. The fourth-order valence-electron chi connectivity index (χ4n) is 3.67. The molecule has 0 saturated carbocycles. The van der Waals surface area contributed by atoms with Crippen LogP contribution in [0, 0.1) is 0 Å². The van der Waals surface area contributed by atoms with Gasteiger partial charge in [0.15, 0.2) is 0 Å². The highest BCUT2D eigenvalue weighted by Gasteiger charge is 2.33. The lowest BCUT2D eigenvalue weighted by Crippen LogP contribution is -2.45. The van der Waals surface area contributed by atoms with Crippen LogP contribution in [-0.4, -0.2) is 85.7 Å². The molecule has 27 heavy (non-hydrogen) atoms. The smallest absolute Gasteiger partial charge is 0.252 e. The fraction of sp³-hybridized carbons (Fsp3) is 0.632. The van der Waals surface area contributed by atoms with Gasteiger partial charge in [-0.15, -0.1) is 0 Å². The van der Waals surface area contributed by atoms with Gasteiger partial charge in [0.05, 0.1) is 25.9 Å². The van der Waals surface area contributed by atoms with Crippen molar-refractivity contribution in [1.82, 2.24) is 20.1 Å². The molecule has 3 rings (SSSR count). The van der Waals surface area contributed by atoms with Crippen molar-refractivity contribution >= 4 is 11.8 Å². The molecule has 8 nitrogen and oxygen atoms in total. The van der Waals surface area contributed by atoms with Gasteiger partial charge in [-0.2, -0.15) is 0 Å². The van der Waals surface area contributed by atoms with E-state index in [1.807, 2.05) is 11.9 Å². The number of nitrogens with one attached hydrogen (secondary N) is 1. The number of pyridine rings is 1. The van der Waals surface area contributed by atoms with Gasteiger partial charge in [-0.25, -0.2) is 4.98 Å². The van der Waals surface area contributed by atoms with E-state index in [0.29, 0.717) is 50.7 Å². The Balaban J connectivity index is 1.45. The van der Waals surface area contributed by atoms with Crippen LogP contribution in [-0.2, 0) is 9.53 Å². The predicted octanol–water partition coefficient (Wildman–Crippen LogP) is 0.532. The summed E-state index contributed by atoms with van der Waals surface area (Å²) in [6.07, 6.45) is 3.98. The summed E-state index contributed by atoms with van der Waals surface area (Å²) >= 11 is 0. The van der Waals surface area contributed by atoms with E-state index in [9.17, 15) is 9.59 Å². The van der Waals surface area contributed by atoms with Gasteiger partial charge in [0.25, 0.3) is 5.91 Å². The van der Waals surface area contributed by atoms with Crippen LogP contribution in [0.25, 0.3) is 0 Å². The molecule has 148 valence electrons. The molecule has 1 aromatic heterocycles. The number of aromatic nitrogens is 1. The Morgan fingerprint density at radius 3 is 2.67 bits per heavy atom. The zero-order valence-electron chi connectivity index (χ0n) is 16.0. The Morgan fingerprint density at radius 1 is 1.26 bits per heavy atom. The maximum absolute atomic E-state index is 12.5. The minimum absolute atomic E-state index is 0.147. The van der Waals surface area contributed by atoms with Crippen molar-refractivity contribution in [2.75, 3.05) is 47.0 Å². The van der Waals surface area contributed by atoms with Gasteiger partial charge in [0, 0.05) is 50.4 Å². The summed E-state index contributed by atoms with van der Waals surface area (Å²) in [5.74, 6) is 0.533. The first-order valence-corrected chi connectivity index (χ1v) is 9.44. The highest BCUT2D eigenvalue weighted by atomic mass is 16.5. The van der Waals surface area contributed by atoms with Crippen LogP contribution in [0.15, 0.2) is 18.3 Å². The molecule has 2 saturated heterocycles. The fourth-order valence-corrected chi connectivity index (χ4v) is 3.67. The van der Waals surface area contributed by atoms with Crippen molar-refractivity contribution in [3.8, 4) is 5.88 Å². The number of morpholine rings is 1. The molecule has 2 amide bonds. The summed E-state index contributed by atoms with van der Waals surface area (Å²) in [4.78, 5) is 32.9. The second-order valence-corrected chi connectivity index (χ2v) is 7.05. The molecule has 2 atom stereocenters. The number of carbonyl (C=O) groups excluding carboxylic acids is 2. The standard InChI is InChI=1S/C19H28N4O4/c1-22-15(11-18(24)23-7-9-27-10-8-23)4-5-16(22)13-21-19(25)14-3-6-17(26-2)20-12-14/h3,6,12,15-16H,4-5,7-11,13H2,1-2H3,(H,21,25)/t15-,16+/m1/s1. The molecule has 0 aromatic carbocycles. The molecule has 2 aliphatic heterocycles. The van der Waals surface area contributed by atoms with Crippen molar-refractivity contribution in [3.05, 3.63) is 23.9 Å². The Kier molecular flexibility index (Phi) is 6.63. The van der Waals surface area contributed by atoms with Gasteiger partial charge in [-0.3, -0.25) is 14.5 Å². The highest BCUT2D eigenvalue weighted by Crippen LogP contribution is 2.25. The Labute approximate surface area is 159 Å². The van der Waals surface area contributed by atoms with Crippen LogP contribution >= 0.6 is 0 Å². The number of carbonyl (C=O) groups is 2. The average Bonchev–Trinajstić information content (AvgIpc) is 3.06. The minimum Gasteiger partial charge on any atom is -0.481 e. The number of methoxy groups -OCH3 is 1. The number of hydrogen-bond acceptors (Lipinski definition) is 6. The average molecular weight is 376 g/mol. The van der Waals surface area contributed by atoms with Crippen LogP contribution < -0.4 is 10.1 Å². The quantitative estimate of drug-likeness (QED) is 0.780. The first-order chi connectivity index (χ1) is 13.1. The van der Waals surface area contributed by atoms with E-state index in [1.54, 1.807) is 12.1 Å². The lowest BCUT2D eigenvalue weighted by Gasteiger charge is -2.30. The van der Waals surface area contributed by atoms with Crippen LogP contribution in [0.5, 0.6) is 5.88 Å². The number of amides is 2. The number of likely N-dealkylation sites (tertiary alicyclic amines) is 1. The third kappa shape index (κ3) is 4.95. The van der Waals surface area contributed by atoms with E-state index < -0.39 is 0 Å². The van der Waals surface area contributed by atoms with E-state index in [1.165, 1.54) is 13.3 Å². The number of rotatable bonds is 6. The molecule has 2 fully saturated rings. The van der Waals surface area contributed by atoms with Gasteiger partial charge in [-0.05, 0) is 26.0 Å². The maximum Gasteiger partial charge on any atom is 0.252 e. The van der Waals surface area contributed by atoms with Crippen molar-refractivity contribution in [3.63, 3.8) is 0 Å². The van der Waals surface area contributed by atoms with E-state index in [4.69, 9.17) is 9.47 Å². The van der Waals surface area contributed by atoms with Crippen LogP contribution in [0.2, 0.25) is 0 Å². The molecule has 8 heteroatoms.